The van der Waals surface area contributed by atoms with E-state index in [9.17, 15) is 0 Å². The molecule has 1 atom stereocenters. The molecule has 0 aromatic carbocycles. The summed E-state index contributed by atoms with van der Waals surface area (Å²) in [5.74, 6) is 0. The maximum atomic E-state index is 5.78. The molecule has 1 saturated heterocycles. The average molecular weight is 270 g/mol. The third kappa shape index (κ3) is 9.42. The van der Waals surface area contributed by atoms with Crippen molar-refractivity contribution in [3.05, 3.63) is 0 Å². The first-order valence-corrected chi connectivity index (χ1v) is 8.33. The highest BCUT2D eigenvalue weighted by molar-refractivity contribution is 4.67. The van der Waals surface area contributed by atoms with Gasteiger partial charge in [0.25, 0.3) is 0 Å². The van der Waals surface area contributed by atoms with Crippen molar-refractivity contribution in [2.75, 3.05) is 39.8 Å². The third-order valence-electron chi connectivity index (χ3n) is 3.86. The molecule has 0 aromatic heterocycles. The first-order chi connectivity index (χ1) is 9.33. The Balaban J connectivity index is 1.85. The van der Waals surface area contributed by atoms with Gasteiger partial charge in [-0.1, -0.05) is 19.8 Å². The van der Waals surface area contributed by atoms with Crippen LogP contribution < -0.4 is 5.32 Å². The van der Waals surface area contributed by atoms with Crippen LogP contribution in [0.2, 0.25) is 0 Å². The quantitative estimate of drug-likeness (QED) is 0.584. The van der Waals surface area contributed by atoms with Crippen molar-refractivity contribution in [3.8, 4) is 0 Å². The molecule has 0 saturated carbocycles. The van der Waals surface area contributed by atoms with Gasteiger partial charge in [0.15, 0.2) is 0 Å². The van der Waals surface area contributed by atoms with Crippen molar-refractivity contribution >= 4 is 0 Å². The molecule has 1 aliphatic rings. The van der Waals surface area contributed by atoms with E-state index in [1.54, 1.807) is 0 Å². The topological polar surface area (TPSA) is 24.5 Å². The minimum Gasteiger partial charge on any atom is -0.377 e. The molecule has 1 N–H and O–H groups in total. The van der Waals surface area contributed by atoms with Crippen molar-refractivity contribution < 1.29 is 4.74 Å². The molecule has 0 radical (unpaired) electrons. The Morgan fingerprint density at radius 2 is 1.95 bits per heavy atom. The molecule has 1 unspecified atom stereocenters. The van der Waals surface area contributed by atoms with E-state index in [0.717, 1.165) is 13.2 Å². The highest BCUT2D eigenvalue weighted by Crippen LogP contribution is 2.13. The first kappa shape index (κ1) is 16.9. The maximum absolute atomic E-state index is 5.78. The van der Waals surface area contributed by atoms with Crippen molar-refractivity contribution in [2.24, 2.45) is 0 Å². The molecule has 0 aliphatic carbocycles. The highest BCUT2D eigenvalue weighted by atomic mass is 16.5. The molecule has 1 rings (SSSR count). The number of likely N-dealkylation sites (N-methyl/N-ethyl adjacent to an activating group) is 1. The van der Waals surface area contributed by atoms with Gasteiger partial charge in [0.1, 0.15) is 0 Å². The molecule has 0 aromatic rings. The van der Waals surface area contributed by atoms with E-state index in [0.29, 0.717) is 6.10 Å². The zero-order valence-electron chi connectivity index (χ0n) is 13.1. The summed E-state index contributed by atoms with van der Waals surface area (Å²) in [4.78, 5) is 2.45. The zero-order chi connectivity index (χ0) is 13.8. The van der Waals surface area contributed by atoms with Crippen molar-refractivity contribution in [1.29, 1.82) is 0 Å². The van der Waals surface area contributed by atoms with Crippen LogP contribution in [0.25, 0.3) is 0 Å². The molecule has 3 heteroatoms. The van der Waals surface area contributed by atoms with Crippen LogP contribution >= 0.6 is 0 Å². The monoisotopic (exact) mass is 270 g/mol. The summed E-state index contributed by atoms with van der Waals surface area (Å²) in [7, 11) is 2.24. The normalized spacial score (nSPS) is 20.1. The summed E-state index contributed by atoms with van der Waals surface area (Å²) in [6.45, 7) is 7.91. The zero-order valence-corrected chi connectivity index (χ0v) is 13.1. The van der Waals surface area contributed by atoms with Gasteiger partial charge in [0, 0.05) is 13.2 Å². The minimum absolute atomic E-state index is 0.497. The Morgan fingerprint density at radius 1 is 1.11 bits per heavy atom. The SMILES string of the molecule is CCCNCCCCCCN(C)CC1CCCCO1. The molecule has 0 spiro atoms. The Hall–Kier alpha value is -0.120. The second-order valence-corrected chi connectivity index (χ2v) is 5.92. The second-order valence-electron chi connectivity index (χ2n) is 5.92. The van der Waals surface area contributed by atoms with Gasteiger partial charge in [-0.15, -0.1) is 0 Å². The fourth-order valence-electron chi connectivity index (χ4n) is 2.68. The first-order valence-electron chi connectivity index (χ1n) is 8.33. The number of rotatable bonds is 11. The Kier molecular flexibility index (Phi) is 10.4. The molecule has 1 fully saturated rings. The van der Waals surface area contributed by atoms with E-state index in [4.69, 9.17) is 4.74 Å². The smallest absolute Gasteiger partial charge is 0.0701 e. The Morgan fingerprint density at radius 3 is 2.68 bits per heavy atom. The van der Waals surface area contributed by atoms with Gasteiger partial charge in [-0.2, -0.15) is 0 Å². The van der Waals surface area contributed by atoms with Gasteiger partial charge < -0.3 is 15.0 Å². The molecular formula is C16H34N2O. The molecule has 0 amide bonds. The lowest BCUT2D eigenvalue weighted by Crippen LogP contribution is -2.33. The van der Waals surface area contributed by atoms with Gasteiger partial charge in [0.05, 0.1) is 6.10 Å². The standard InChI is InChI=1S/C16H34N2O/c1-3-11-17-12-7-4-5-8-13-18(2)15-16-10-6-9-14-19-16/h16-17H,3-15H2,1-2H3. The number of nitrogens with one attached hydrogen (secondary N) is 1. The fraction of sp³-hybridized carbons (Fsp3) is 1.00. The lowest BCUT2D eigenvalue weighted by Gasteiger charge is -2.27. The highest BCUT2D eigenvalue weighted by Gasteiger charge is 2.15. The van der Waals surface area contributed by atoms with Crippen LogP contribution in [0.5, 0.6) is 0 Å². The summed E-state index contributed by atoms with van der Waals surface area (Å²) in [5.41, 5.74) is 0. The van der Waals surface area contributed by atoms with Crippen LogP contribution in [0.4, 0.5) is 0 Å². The minimum atomic E-state index is 0.497. The molecule has 3 nitrogen and oxygen atoms in total. The third-order valence-corrected chi connectivity index (χ3v) is 3.86. The van der Waals surface area contributed by atoms with Crippen LogP contribution in [0.3, 0.4) is 0 Å². The van der Waals surface area contributed by atoms with Gasteiger partial charge in [-0.3, -0.25) is 0 Å². The van der Waals surface area contributed by atoms with Crippen molar-refractivity contribution in [3.63, 3.8) is 0 Å². The molecule has 114 valence electrons. The number of unbranched alkanes of at least 4 members (excludes halogenated alkanes) is 3. The summed E-state index contributed by atoms with van der Waals surface area (Å²) in [6.07, 6.45) is 11.0. The van der Waals surface area contributed by atoms with Crippen molar-refractivity contribution in [2.45, 2.75) is 64.4 Å². The van der Waals surface area contributed by atoms with Crippen LogP contribution in [0.15, 0.2) is 0 Å². The average Bonchev–Trinajstić information content (AvgIpc) is 2.43. The predicted molar refractivity (Wildman–Crippen MR) is 82.7 cm³/mol. The molecule has 0 bridgehead atoms. The van der Waals surface area contributed by atoms with E-state index in [1.165, 1.54) is 71.0 Å². The number of hydrogen-bond donors (Lipinski definition) is 1. The van der Waals surface area contributed by atoms with Gasteiger partial charge in [-0.05, 0) is 65.2 Å². The Bertz CT molecular complexity index is 193. The molecule has 1 heterocycles. The van der Waals surface area contributed by atoms with E-state index in [1.807, 2.05) is 0 Å². The molecule has 1 aliphatic heterocycles. The number of hydrogen-bond acceptors (Lipinski definition) is 3. The van der Waals surface area contributed by atoms with Gasteiger partial charge in [0.2, 0.25) is 0 Å². The van der Waals surface area contributed by atoms with Crippen LogP contribution in [-0.4, -0.2) is 50.8 Å². The fourth-order valence-corrected chi connectivity index (χ4v) is 2.68. The maximum Gasteiger partial charge on any atom is 0.0701 e. The summed E-state index contributed by atoms with van der Waals surface area (Å²) in [5, 5.41) is 3.46. The van der Waals surface area contributed by atoms with Crippen molar-refractivity contribution in [1.82, 2.24) is 10.2 Å². The molecule has 19 heavy (non-hydrogen) atoms. The van der Waals surface area contributed by atoms with E-state index in [-0.39, 0.29) is 0 Å². The molecular weight excluding hydrogens is 236 g/mol. The van der Waals surface area contributed by atoms with Gasteiger partial charge >= 0.3 is 0 Å². The summed E-state index contributed by atoms with van der Waals surface area (Å²) < 4.78 is 5.78. The largest absolute Gasteiger partial charge is 0.377 e. The van der Waals surface area contributed by atoms with Crippen LogP contribution in [-0.2, 0) is 4.74 Å². The summed E-state index contributed by atoms with van der Waals surface area (Å²) >= 11 is 0. The van der Waals surface area contributed by atoms with Crippen LogP contribution in [0.1, 0.15) is 58.3 Å². The van der Waals surface area contributed by atoms with E-state index >= 15 is 0 Å². The van der Waals surface area contributed by atoms with E-state index < -0.39 is 0 Å². The van der Waals surface area contributed by atoms with Crippen LogP contribution in [0, 0.1) is 0 Å². The lowest BCUT2D eigenvalue weighted by atomic mass is 10.1. The predicted octanol–water partition coefficient (Wildman–Crippen LogP) is 3.05. The van der Waals surface area contributed by atoms with E-state index in [2.05, 4.69) is 24.2 Å². The number of ether oxygens (including phenoxy) is 1. The Labute approximate surface area is 120 Å². The number of nitrogens with zero attached hydrogens (tertiary/aromatic N) is 1. The lowest BCUT2D eigenvalue weighted by molar-refractivity contribution is -0.00160. The second kappa shape index (κ2) is 11.7. The summed E-state index contributed by atoms with van der Waals surface area (Å²) in [6, 6.07) is 0. The van der Waals surface area contributed by atoms with Gasteiger partial charge in [-0.25, -0.2) is 0 Å².